The van der Waals surface area contributed by atoms with Gasteiger partial charge in [0, 0.05) is 41.2 Å². The molecule has 1 heterocycles. The van der Waals surface area contributed by atoms with Crippen LogP contribution in [0.2, 0.25) is 0 Å². The van der Waals surface area contributed by atoms with E-state index in [0.717, 1.165) is 33.9 Å². The molecule has 158 valence electrons. The minimum atomic E-state index is -0.280. The Kier molecular flexibility index (Phi) is 7.44. The predicted molar refractivity (Wildman–Crippen MR) is 127 cm³/mol. The molecule has 0 N–H and O–H groups in total. The molecule has 0 bridgehead atoms. The first-order chi connectivity index (χ1) is 14.9. The van der Waals surface area contributed by atoms with E-state index >= 15 is 0 Å². The van der Waals surface area contributed by atoms with Gasteiger partial charge in [0.05, 0.1) is 18.4 Å². The van der Waals surface area contributed by atoms with Gasteiger partial charge in [0.15, 0.2) is 0 Å². The first kappa shape index (κ1) is 22.1. The third-order valence-electron chi connectivity index (χ3n) is 4.49. The smallest absolute Gasteiger partial charge is 0.123 e. The lowest BCUT2D eigenvalue weighted by atomic mass is 10.1. The number of nitrogens with zero attached hydrogens (tertiary/aromatic N) is 4. The van der Waals surface area contributed by atoms with Crippen molar-refractivity contribution in [2.75, 3.05) is 11.4 Å². The summed E-state index contributed by atoms with van der Waals surface area (Å²) in [5.74, 6) is 0.132. The van der Waals surface area contributed by atoms with Crippen molar-refractivity contribution in [3.8, 4) is 11.3 Å². The molecule has 4 nitrogen and oxygen atoms in total. The molecule has 0 aliphatic carbocycles. The molecule has 2 aromatic carbocycles. The van der Waals surface area contributed by atoms with Crippen LogP contribution in [-0.4, -0.2) is 22.7 Å². The minimum absolute atomic E-state index is 0.280. The Balaban J connectivity index is 1.98. The molecule has 0 atom stereocenters. The highest BCUT2D eigenvalue weighted by Crippen LogP contribution is 2.32. The second-order valence-corrected chi connectivity index (χ2v) is 7.67. The molecule has 3 aromatic rings. The van der Waals surface area contributed by atoms with Gasteiger partial charge in [0.25, 0.3) is 0 Å². The molecule has 0 amide bonds. The molecule has 0 radical (unpaired) electrons. The number of hydrogen-bond donors (Lipinski definition) is 0. The Bertz CT molecular complexity index is 1070. The lowest BCUT2D eigenvalue weighted by Crippen LogP contribution is -2.15. The van der Waals surface area contributed by atoms with E-state index < -0.39 is 0 Å². The van der Waals surface area contributed by atoms with Crippen LogP contribution < -0.4 is 4.90 Å². The predicted octanol–water partition coefficient (Wildman–Crippen LogP) is 6.61. The van der Waals surface area contributed by atoms with Crippen molar-refractivity contribution < 1.29 is 4.39 Å². The van der Waals surface area contributed by atoms with E-state index in [1.807, 2.05) is 48.4 Å². The summed E-state index contributed by atoms with van der Waals surface area (Å²) in [5.41, 5.74) is 5.28. The third kappa shape index (κ3) is 6.19. The second-order valence-electron chi connectivity index (χ2n) is 7.67. The van der Waals surface area contributed by atoms with Gasteiger partial charge in [0.1, 0.15) is 5.82 Å². The summed E-state index contributed by atoms with van der Waals surface area (Å²) in [5, 5.41) is 0. The van der Waals surface area contributed by atoms with Crippen molar-refractivity contribution in [2.24, 2.45) is 10.9 Å². The third-order valence-corrected chi connectivity index (χ3v) is 4.49. The van der Waals surface area contributed by atoms with Gasteiger partial charge in [-0.15, -0.1) is 0 Å². The average molecular weight is 415 g/mol. The minimum Gasteiger partial charge on any atom is -0.311 e. The first-order valence-corrected chi connectivity index (χ1v) is 10.2. The summed E-state index contributed by atoms with van der Waals surface area (Å²) in [7, 11) is 0. The molecule has 0 aliphatic rings. The Labute approximate surface area is 183 Å². The summed E-state index contributed by atoms with van der Waals surface area (Å²) >= 11 is 0. The topological polar surface area (TPSA) is 41.4 Å². The number of hydrogen-bond acceptors (Lipinski definition) is 4. The van der Waals surface area contributed by atoms with Gasteiger partial charge in [-0.1, -0.05) is 32.6 Å². The van der Waals surface area contributed by atoms with Crippen molar-refractivity contribution in [3.05, 3.63) is 96.9 Å². The molecule has 1 aromatic heterocycles. The number of rotatable bonds is 8. The Morgan fingerprint density at radius 2 is 1.90 bits per heavy atom. The molecular formula is C26H27FN4. The van der Waals surface area contributed by atoms with E-state index in [1.165, 1.54) is 12.1 Å². The van der Waals surface area contributed by atoms with Crippen molar-refractivity contribution in [1.82, 2.24) is 9.97 Å². The van der Waals surface area contributed by atoms with Crippen LogP contribution in [0.5, 0.6) is 0 Å². The van der Waals surface area contributed by atoms with Crippen LogP contribution in [0, 0.1) is 11.7 Å². The van der Waals surface area contributed by atoms with Gasteiger partial charge in [-0.3, -0.25) is 15.0 Å². The number of anilines is 2. The molecule has 0 fully saturated rings. The van der Waals surface area contributed by atoms with Crippen LogP contribution in [0.15, 0.2) is 96.0 Å². The van der Waals surface area contributed by atoms with Crippen LogP contribution in [0.1, 0.15) is 20.8 Å². The van der Waals surface area contributed by atoms with Crippen molar-refractivity contribution in [1.29, 1.82) is 0 Å². The highest BCUT2D eigenvalue weighted by molar-refractivity contribution is 5.74. The summed E-state index contributed by atoms with van der Waals surface area (Å²) < 4.78 is 13.6. The molecule has 0 spiro atoms. The monoisotopic (exact) mass is 414 g/mol. The largest absolute Gasteiger partial charge is 0.311 e. The summed E-state index contributed by atoms with van der Waals surface area (Å²) in [6.45, 7) is 11.1. The Hall–Kier alpha value is -3.60. The number of benzene rings is 2. The Morgan fingerprint density at radius 1 is 1.13 bits per heavy atom. The maximum absolute atomic E-state index is 13.6. The van der Waals surface area contributed by atoms with E-state index in [4.69, 9.17) is 0 Å². The number of aliphatic imine (C=N–C) groups is 1. The summed E-state index contributed by atoms with van der Waals surface area (Å²) in [6.07, 6.45) is 9.00. The van der Waals surface area contributed by atoms with Crippen molar-refractivity contribution in [2.45, 2.75) is 20.8 Å². The molecule has 31 heavy (non-hydrogen) atoms. The first-order valence-electron chi connectivity index (χ1n) is 10.2. The van der Waals surface area contributed by atoms with Crippen LogP contribution in [0.25, 0.3) is 11.3 Å². The molecular weight excluding hydrogens is 387 g/mol. The zero-order valence-corrected chi connectivity index (χ0v) is 18.2. The van der Waals surface area contributed by atoms with E-state index in [0.29, 0.717) is 12.5 Å². The molecule has 0 saturated heterocycles. The molecule has 0 unspecified atom stereocenters. The fraction of sp³-hybridized carbons (Fsp3) is 0.192. The molecule has 3 rings (SSSR count). The lowest BCUT2D eigenvalue weighted by molar-refractivity contribution is 0.628. The van der Waals surface area contributed by atoms with Crippen molar-refractivity contribution in [3.63, 3.8) is 0 Å². The molecule has 0 saturated carbocycles. The SMILES string of the molecule is C=C(C=C(C)CN=CC(C)C)N(c1ccc(F)cc1)c1cccc(-c2cnccn2)c1. The van der Waals surface area contributed by atoms with E-state index in [2.05, 4.69) is 35.4 Å². The highest BCUT2D eigenvalue weighted by Gasteiger charge is 2.14. The maximum Gasteiger partial charge on any atom is 0.123 e. The maximum atomic E-state index is 13.6. The summed E-state index contributed by atoms with van der Waals surface area (Å²) in [4.78, 5) is 15.0. The van der Waals surface area contributed by atoms with Gasteiger partial charge in [0.2, 0.25) is 0 Å². The van der Waals surface area contributed by atoms with E-state index in [-0.39, 0.29) is 5.82 Å². The van der Waals surface area contributed by atoms with Gasteiger partial charge < -0.3 is 4.90 Å². The van der Waals surface area contributed by atoms with Crippen LogP contribution in [0.3, 0.4) is 0 Å². The Morgan fingerprint density at radius 3 is 2.58 bits per heavy atom. The number of halogens is 1. The fourth-order valence-corrected chi connectivity index (χ4v) is 3.13. The quantitative estimate of drug-likeness (QED) is 0.308. The van der Waals surface area contributed by atoms with Gasteiger partial charge in [-0.25, -0.2) is 4.39 Å². The van der Waals surface area contributed by atoms with Gasteiger partial charge in [-0.2, -0.15) is 0 Å². The van der Waals surface area contributed by atoms with Crippen LogP contribution >= 0.6 is 0 Å². The fourth-order valence-electron chi connectivity index (χ4n) is 3.13. The van der Waals surface area contributed by atoms with Crippen LogP contribution in [0.4, 0.5) is 15.8 Å². The summed E-state index contributed by atoms with van der Waals surface area (Å²) in [6, 6.07) is 14.4. The molecule has 0 aliphatic heterocycles. The zero-order chi connectivity index (χ0) is 22.2. The normalized spacial score (nSPS) is 11.8. The number of allylic oxidation sites excluding steroid dienone is 1. The highest BCUT2D eigenvalue weighted by atomic mass is 19.1. The molecule has 5 heteroatoms. The second kappa shape index (κ2) is 10.4. The standard InChI is InChI=1S/C26H27FN4/c1-19(2)16-29-17-20(3)14-21(4)31(24-10-8-23(27)9-11-24)25-7-5-6-22(15-25)26-18-28-12-13-30-26/h5-16,18-19H,4,17H2,1-3H3. The van der Waals surface area contributed by atoms with Gasteiger partial charge >= 0.3 is 0 Å². The van der Waals surface area contributed by atoms with E-state index in [1.54, 1.807) is 30.7 Å². The van der Waals surface area contributed by atoms with Gasteiger partial charge in [-0.05, 0) is 60.9 Å². The van der Waals surface area contributed by atoms with E-state index in [9.17, 15) is 4.39 Å². The number of aromatic nitrogens is 2. The van der Waals surface area contributed by atoms with Crippen LogP contribution in [-0.2, 0) is 0 Å². The average Bonchev–Trinajstić information content (AvgIpc) is 2.76. The lowest BCUT2D eigenvalue weighted by Gasteiger charge is -2.26. The van der Waals surface area contributed by atoms with Crippen molar-refractivity contribution >= 4 is 17.6 Å². The zero-order valence-electron chi connectivity index (χ0n) is 18.2.